The molecular weight excluding hydrogens is 238 g/mol. The van der Waals surface area contributed by atoms with Gasteiger partial charge >= 0.3 is 0 Å². The highest BCUT2D eigenvalue weighted by molar-refractivity contribution is 5.95. The summed E-state index contributed by atoms with van der Waals surface area (Å²) in [5.74, 6) is 6.25. The highest BCUT2D eigenvalue weighted by Gasteiger charge is 2.22. The third-order valence-corrected chi connectivity index (χ3v) is 3.39. The van der Waals surface area contributed by atoms with Gasteiger partial charge in [-0.3, -0.25) is 4.79 Å². The van der Waals surface area contributed by atoms with Crippen LogP contribution in [0.3, 0.4) is 0 Å². The van der Waals surface area contributed by atoms with Crippen molar-refractivity contribution in [1.29, 1.82) is 0 Å². The first-order valence-corrected chi connectivity index (χ1v) is 6.61. The number of Topliss-reactive ketones (excluding diaryl/α,β-unsaturated/α-hetero) is 1. The van der Waals surface area contributed by atoms with E-state index >= 15 is 0 Å². The number of anilines is 2. The quantitative estimate of drug-likeness (QED) is 0.663. The molecule has 1 atom stereocenters. The van der Waals surface area contributed by atoms with Gasteiger partial charge < -0.3 is 10.6 Å². The van der Waals surface area contributed by atoms with Crippen LogP contribution in [0.25, 0.3) is 0 Å². The minimum absolute atomic E-state index is 0.0450. The van der Waals surface area contributed by atoms with Gasteiger partial charge in [-0.25, -0.2) is 4.98 Å². The van der Waals surface area contributed by atoms with Crippen LogP contribution in [-0.2, 0) is 4.79 Å². The van der Waals surface area contributed by atoms with E-state index in [-0.39, 0.29) is 5.78 Å². The Morgan fingerprint density at radius 2 is 2.47 bits per heavy atom. The van der Waals surface area contributed by atoms with Gasteiger partial charge in [0.05, 0.1) is 0 Å². The summed E-state index contributed by atoms with van der Waals surface area (Å²) in [6.07, 6.45) is 4.47. The summed E-state index contributed by atoms with van der Waals surface area (Å²) in [7, 11) is 0. The van der Waals surface area contributed by atoms with Crippen LogP contribution in [-0.4, -0.2) is 23.9 Å². The molecule has 1 fully saturated rings. The van der Waals surface area contributed by atoms with Crippen LogP contribution in [0.15, 0.2) is 18.3 Å². The van der Waals surface area contributed by atoms with Gasteiger partial charge in [0, 0.05) is 37.5 Å². The van der Waals surface area contributed by atoms with Gasteiger partial charge in [0.1, 0.15) is 5.82 Å². The monoisotopic (exact) mass is 257 g/mol. The maximum absolute atomic E-state index is 11.6. The number of nitrogen functional groups attached to an aromatic ring is 1. The number of hydrogen-bond donors (Lipinski definition) is 1. The molecule has 1 aromatic rings. The lowest BCUT2D eigenvalue weighted by Crippen LogP contribution is -2.36. The summed E-state index contributed by atoms with van der Waals surface area (Å²) in [4.78, 5) is 17.9. The number of nitrogens with zero attached hydrogens (tertiary/aromatic N) is 2. The summed E-state index contributed by atoms with van der Waals surface area (Å²) in [6, 6.07) is 3.85. The van der Waals surface area contributed by atoms with E-state index in [1.807, 2.05) is 12.1 Å². The van der Waals surface area contributed by atoms with Gasteiger partial charge in [0.2, 0.25) is 5.78 Å². The number of carbonyl (C=O) groups excluding carboxylic acids is 1. The molecule has 1 aliphatic heterocycles. The van der Waals surface area contributed by atoms with Crippen molar-refractivity contribution in [2.45, 2.75) is 26.2 Å². The minimum Gasteiger partial charge on any atom is -0.384 e. The lowest BCUT2D eigenvalue weighted by Gasteiger charge is -2.34. The van der Waals surface area contributed by atoms with Crippen molar-refractivity contribution >= 4 is 17.3 Å². The van der Waals surface area contributed by atoms with Gasteiger partial charge in [-0.1, -0.05) is 5.92 Å². The zero-order chi connectivity index (χ0) is 13.7. The van der Waals surface area contributed by atoms with Crippen molar-refractivity contribution in [3.05, 3.63) is 18.3 Å². The Balaban J connectivity index is 2.00. The van der Waals surface area contributed by atoms with Gasteiger partial charge in [-0.15, -0.1) is 0 Å². The number of hydrogen-bond acceptors (Lipinski definition) is 4. The Hall–Kier alpha value is -2.02. The summed E-state index contributed by atoms with van der Waals surface area (Å²) in [5.41, 5.74) is 6.80. The summed E-state index contributed by atoms with van der Waals surface area (Å²) < 4.78 is 0. The fourth-order valence-corrected chi connectivity index (χ4v) is 2.55. The number of piperidine rings is 1. The predicted octanol–water partition coefficient (Wildman–Crippen LogP) is 1.86. The molecule has 2 heterocycles. The van der Waals surface area contributed by atoms with Crippen LogP contribution in [0.4, 0.5) is 11.5 Å². The largest absolute Gasteiger partial charge is 0.384 e. The van der Waals surface area contributed by atoms with Crippen LogP contribution in [0.5, 0.6) is 0 Å². The summed E-state index contributed by atoms with van der Waals surface area (Å²) >= 11 is 0. The van der Waals surface area contributed by atoms with Gasteiger partial charge in [0.25, 0.3) is 0 Å². The Bertz CT molecular complexity index is 516. The Morgan fingerprint density at radius 3 is 3.21 bits per heavy atom. The van der Waals surface area contributed by atoms with Crippen LogP contribution in [0.2, 0.25) is 0 Å². The molecule has 19 heavy (non-hydrogen) atoms. The number of carbonyl (C=O) groups is 1. The summed E-state index contributed by atoms with van der Waals surface area (Å²) in [6.45, 7) is 3.60. The zero-order valence-electron chi connectivity index (χ0n) is 11.2. The van der Waals surface area contributed by atoms with Gasteiger partial charge in [-0.05, 0) is 37.7 Å². The molecule has 1 saturated heterocycles. The van der Waals surface area contributed by atoms with E-state index in [4.69, 9.17) is 5.73 Å². The molecule has 2 rings (SSSR count). The second-order valence-corrected chi connectivity index (χ2v) is 4.90. The third kappa shape index (κ3) is 3.72. The lowest BCUT2D eigenvalue weighted by molar-refractivity contribution is -0.114. The molecule has 1 aromatic heterocycles. The molecule has 0 radical (unpaired) electrons. The minimum atomic E-state index is 0.0450. The number of nitrogens with two attached hydrogens (primary N) is 1. The lowest BCUT2D eigenvalue weighted by atomic mass is 9.92. The second kappa shape index (κ2) is 6.24. The van der Waals surface area contributed by atoms with Gasteiger partial charge in [0.15, 0.2) is 0 Å². The van der Waals surface area contributed by atoms with E-state index in [9.17, 15) is 4.79 Å². The molecular formula is C15H19N3O. The molecule has 0 amide bonds. The van der Waals surface area contributed by atoms with Crippen LogP contribution < -0.4 is 10.6 Å². The fourth-order valence-electron chi connectivity index (χ4n) is 2.55. The average Bonchev–Trinajstić information content (AvgIpc) is 2.39. The van der Waals surface area contributed by atoms with E-state index in [0.717, 1.165) is 31.6 Å². The van der Waals surface area contributed by atoms with E-state index in [0.29, 0.717) is 18.2 Å². The molecule has 1 aliphatic rings. The molecule has 4 heteroatoms. The predicted molar refractivity (Wildman–Crippen MR) is 76.7 cm³/mol. The van der Waals surface area contributed by atoms with E-state index in [2.05, 4.69) is 21.7 Å². The van der Waals surface area contributed by atoms with E-state index in [1.165, 1.54) is 0 Å². The maximum atomic E-state index is 11.6. The highest BCUT2D eigenvalue weighted by atomic mass is 16.1. The van der Waals surface area contributed by atoms with E-state index in [1.54, 1.807) is 13.1 Å². The first-order chi connectivity index (χ1) is 9.19. The second-order valence-electron chi connectivity index (χ2n) is 4.90. The molecule has 0 spiro atoms. The third-order valence-electron chi connectivity index (χ3n) is 3.39. The standard InChI is InChI=1S/C15H19N3O/c1-2-4-14(19)9-12-5-3-8-18(11-12)13-6-7-17-15(16)10-13/h6-7,10,12H,3,5,8-9,11H2,1H3,(H2,16,17)/t12-/m0/s1. The Labute approximate surface area is 114 Å². The van der Waals surface area contributed by atoms with Crippen molar-refractivity contribution in [3.63, 3.8) is 0 Å². The normalized spacial score (nSPS) is 18.6. The number of pyridine rings is 1. The fraction of sp³-hybridized carbons (Fsp3) is 0.467. The van der Waals surface area contributed by atoms with Crippen molar-refractivity contribution in [1.82, 2.24) is 4.98 Å². The highest BCUT2D eigenvalue weighted by Crippen LogP contribution is 2.25. The molecule has 4 nitrogen and oxygen atoms in total. The zero-order valence-corrected chi connectivity index (χ0v) is 11.2. The van der Waals surface area contributed by atoms with Crippen LogP contribution >= 0.6 is 0 Å². The molecule has 0 aliphatic carbocycles. The molecule has 0 aromatic carbocycles. The SMILES string of the molecule is CC#CC(=O)C[C@@H]1CCCN(c2ccnc(N)c2)C1. The van der Waals surface area contributed by atoms with Crippen molar-refractivity contribution in [3.8, 4) is 11.8 Å². The number of aromatic nitrogens is 1. The molecule has 2 N–H and O–H groups in total. The molecule has 0 bridgehead atoms. The number of ketones is 1. The van der Waals surface area contributed by atoms with Gasteiger partial charge in [-0.2, -0.15) is 0 Å². The van der Waals surface area contributed by atoms with Crippen molar-refractivity contribution in [2.75, 3.05) is 23.7 Å². The molecule has 0 unspecified atom stereocenters. The molecule has 100 valence electrons. The van der Waals surface area contributed by atoms with Crippen LogP contribution in [0.1, 0.15) is 26.2 Å². The van der Waals surface area contributed by atoms with Crippen LogP contribution in [0, 0.1) is 17.8 Å². The topological polar surface area (TPSA) is 59.2 Å². The summed E-state index contributed by atoms with van der Waals surface area (Å²) in [5, 5.41) is 0. The van der Waals surface area contributed by atoms with Crippen molar-refractivity contribution < 1.29 is 4.79 Å². The maximum Gasteiger partial charge on any atom is 0.205 e. The molecule has 0 saturated carbocycles. The average molecular weight is 257 g/mol. The first-order valence-electron chi connectivity index (χ1n) is 6.61. The van der Waals surface area contributed by atoms with Crippen molar-refractivity contribution in [2.24, 2.45) is 5.92 Å². The Morgan fingerprint density at radius 1 is 1.63 bits per heavy atom. The number of rotatable bonds is 3. The Kier molecular flexibility index (Phi) is 4.40. The smallest absolute Gasteiger partial charge is 0.205 e. The first kappa shape index (κ1) is 13.4. The van der Waals surface area contributed by atoms with E-state index < -0.39 is 0 Å².